The Bertz CT molecular complexity index is 969. The molecule has 3 aromatic rings. The molecule has 4 rings (SSSR count). The minimum Gasteiger partial charge on any atom is -0.380 e. The van der Waals surface area contributed by atoms with Crippen LogP contribution in [-0.2, 0) is 4.74 Å². The molecular formula is C22H23N3O2. The average Bonchev–Trinajstić information content (AvgIpc) is 3.18. The Morgan fingerprint density at radius 2 is 2.00 bits per heavy atom. The Hall–Kier alpha value is -2.92. The molecule has 0 bridgehead atoms. The molecule has 1 N–H and O–H groups in total. The number of nitrogens with one attached hydrogen (secondary N) is 1. The van der Waals surface area contributed by atoms with Crippen LogP contribution in [0.4, 0.5) is 11.4 Å². The molecule has 1 saturated heterocycles. The van der Waals surface area contributed by atoms with Gasteiger partial charge in [0.15, 0.2) is 0 Å². The second-order valence-electron chi connectivity index (χ2n) is 6.95. The number of aromatic nitrogens is 1. The summed E-state index contributed by atoms with van der Waals surface area (Å²) in [7, 11) is 1.76. The number of aryl methyl sites for hydroxylation is 1. The fraction of sp³-hybridized carbons (Fsp3) is 0.273. The molecule has 1 amide bonds. The molecule has 1 atom stereocenters. The predicted octanol–water partition coefficient (Wildman–Crippen LogP) is 4.02. The number of fused-ring (bicyclic) bond motifs is 1. The summed E-state index contributed by atoms with van der Waals surface area (Å²) in [5.74, 6) is -0.117. The van der Waals surface area contributed by atoms with Crippen LogP contribution in [0, 0.1) is 6.92 Å². The first kappa shape index (κ1) is 17.5. The summed E-state index contributed by atoms with van der Waals surface area (Å²) in [4.78, 5) is 19.3. The summed E-state index contributed by atoms with van der Waals surface area (Å²) in [6.45, 7) is 3.93. The summed E-state index contributed by atoms with van der Waals surface area (Å²) >= 11 is 0. The number of rotatable bonds is 4. The van der Waals surface area contributed by atoms with Crippen LogP contribution in [0.5, 0.6) is 0 Å². The van der Waals surface area contributed by atoms with Crippen LogP contribution in [0.15, 0.2) is 54.7 Å². The molecule has 5 nitrogen and oxygen atoms in total. The van der Waals surface area contributed by atoms with Crippen molar-refractivity contribution in [1.82, 2.24) is 4.98 Å². The van der Waals surface area contributed by atoms with Crippen molar-refractivity contribution in [1.29, 1.82) is 0 Å². The third-order valence-corrected chi connectivity index (χ3v) is 5.19. The quantitative estimate of drug-likeness (QED) is 0.763. The highest BCUT2D eigenvalue weighted by Gasteiger charge is 2.22. The smallest absolute Gasteiger partial charge is 0.255 e. The Morgan fingerprint density at radius 3 is 2.74 bits per heavy atom. The second-order valence-corrected chi connectivity index (χ2v) is 6.95. The molecule has 1 fully saturated rings. The van der Waals surface area contributed by atoms with Crippen molar-refractivity contribution < 1.29 is 9.53 Å². The van der Waals surface area contributed by atoms with Gasteiger partial charge >= 0.3 is 0 Å². The fourth-order valence-corrected chi connectivity index (χ4v) is 3.54. The minimum absolute atomic E-state index is 0.117. The van der Waals surface area contributed by atoms with Crippen LogP contribution in [0.25, 0.3) is 10.9 Å². The summed E-state index contributed by atoms with van der Waals surface area (Å²) < 4.78 is 5.42. The number of pyridine rings is 1. The monoisotopic (exact) mass is 361 g/mol. The van der Waals surface area contributed by atoms with Gasteiger partial charge < -0.3 is 15.0 Å². The maximum atomic E-state index is 12.6. The largest absolute Gasteiger partial charge is 0.380 e. The van der Waals surface area contributed by atoms with E-state index in [1.54, 1.807) is 13.3 Å². The molecule has 5 heteroatoms. The molecule has 1 aliphatic rings. The van der Waals surface area contributed by atoms with Crippen molar-refractivity contribution in [3.63, 3.8) is 0 Å². The number of anilines is 2. The number of amides is 1. The first-order valence-electron chi connectivity index (χ1n) is 9.18. The van der Waals surface area contributed by atoms with E-state index in [1.807, 2.05) is 55.5 Å². The van der Waals surface area contributed by atoms with Gasteiger partial charge in [0.2, 0.25) is 0 Å². The Kier molecular flexibility index (Phi) is 4.77. The Balaban J connectivity index is 1.47. The standard InChI is InChI=1S/C22H23N3O2/c1-15-9-11-23-21-8-3-16(13-20(15)21)22(26)24-17-4-6-18(7-5-17)25-12-10-19(14-25)27-2/h3-9,11,13,19H,10,12,14H2,1-2H3,(H,24,26). The number of methoxy groups -OCH3 is 1. The SMILES string of the molecule is COC1CCN(c2ccc(NC(=O)c3ccc4nccc(C)c4c3)cc2)C1. The van der Waals surface area contributed by atoms with Crippen LogP contribution >= 0.6 is 0 Å². The number of hydrogen-bond acceptors (Lipinski definition) is 4. The number of benzene rings is 2. The van der Waals surface area contributed by atoms with E-state index in [0.29, 0.717) is 11.7 Å². The van der Waals surface area contributed by atoms with Gasteiger partial charge in [-0.3, -0.25) is 9.78 Å². The maximum Gasteiger partial charge on any atom is 0.255 e. The van der Waals surface area contributed by atoms with Crippen LogP contribution < -0.4 is 10.2 Å². The second kappa shape index (κ2) is 7.37. The molecule has 0 saturated carbocycles. The number of ether oxygens (including phenoxy) is 1. The fourth-order valence-electron chi connectivity index (χ4n) is 3.54. The van der Waals surface area contributed by atoms with Gasteiger partial charge in [0.05, 0.1) is 11.6 Å². The average molecular weight is 361 g/mol. The van der Waals surface area contributed by atoms with Crippen molar-refractivity contribution in [2.24, 2.45) is 0 Å². The first-order valence-corrected chi connectivity index (χ1v) is 9.18. The van der Waals surface area contributed by atoms with Crippen LogP contribution in [0.3, 0.4) is 0 Å². The van der Waals surface area contributed by atoms with E-state index in [-0.39, 0.29) is 5.91 Å². The molecule has 1 aromatic heterocycles. The molecule has 1 aliphatic heterocycles. The molecule has 2 aromatic carbocycles. The van der Waals surface area contributed by atoms with Gasteiger partial charge in [-0.15, -0.1) is 0 Å². The van der Waals surface area contributed by atoms with E-state index >= 15 is 0 Å². The molecular weight excluding hydrogens is 338 g/mol. The van der Waals surface area contributed by atoms with Crippen molar-refractivity contribution in [2.75, 3.05) is 30.4 Å². The zero-order valence-corrected chi connectivity index (χ0v) is 15.6. The van der Waals surface area contributed by atoms with Gasteiger partial charge in [0, 0.05) is 48.7 Å². The van der Waals surface area contributed by atoms with Crippen molar-refractivity contribution in [2.45, 2.75) is 19.4 Å². The lowest BCUT2D eigenvalue weighted by molar-refractivity contribution is 0.102. The zero-order valence-electron chi connectivity index (χ0n) is 15.6. The number of hydrogen-bond donors (Lipinski definition) is 1. The van der Waals surface area contributed by atoms with E-state index in [9.17, 15) is 4.79 Å². The highest BCUT2D eigenvalue weighted by Crippen LogP contribution is 2.24. The highest BCUT2D eigenvalue weighted by molar-refractivity contribution is 6.06. The minimum atomic E-state index is -0.117. The maximum absolute atomic E-state index is 12.6. The van der Waals surface area contributed by atoms with Crippen LogP contribution in [0.2, 0.25) is 0 Å². The molecule has 0 aliphatic carbocycles. The highest BCUT2D eigenvalue weighted by atomic mass is 16.5. The topological polar surface area (TPSA) is 54.5 Å². The van der Waals surface area contributed by atoms with E-state index in [0.717, 1.165) is 47.4 Å². The Labute approximate surface area is 159 Å². The van der Waals surface area contributed by atoms with Gasteiger partial charge in [-0.05, 0) is 67.4 Å². The number of nitrogens with zero attached hydrogens (tertiary/aromatic N) is 2. The third kappa shape index (κ3) is 3.64. The first-order chi connectivity index (χ1) is 13.1. The summed E-state index contributed by atoms with van der Waals surface area (Å²) in [6, 6.07) is 15.5. The molecule has 1 unspecified atom stereocenters. The van der Waals surface area contributed by atoms with Gasteiger partial charge in [0.1, 0.15) is 0 Å². The summed E-state index contributed by atoms with van der Waals surface area (Å²) in [5.41, 5.74) is 4.58. The molecule has 27 heavy (non-hydrogen) atoms. The lowest BCUT2D eigenvalue weighted by Gasteiger charge is -2.18. The van der Waals surface area contributed by atoms with Crippen LogP contribution in [-0.4, -0.2) is 37.2 Å². The normalized spacial score (nSPS) is 16.7. The van der Waals surface area contributed by atoms with Crippen LogP contribution in [0.1, 0.15) is 22.3 Å². The number of carbonyl (C=O) groups excluding carboxylic acids is 1. The van der Waals surface area contributed by atoms with E-state index < -0.39 is 0 Å². The van der Waals surface area contributed by atoms with Gasteiger partial charge in [-0.2, -0.15) is 0 Å². The van der Waals surface area contributed by atoms with E-state index in [4.69, 9.17) is 4.74 Å². The zero-order chi connectivity index (χ0) is 18.8. The molecule has 0 radical (unpaired) electrons. The van der Waals surface area contributed by atoms with Gasteiger partial charge in [0.25, 0.3) is 5.91 Å². The van der Waals surface area contributed by atoms with Gasteiger partial charge in [-0.25, -0.2) is 0 Å². The lowest BCUT2D eigenvalue weighted by atomic mass is 10.1. The third-order valence-electron chi connectivity index (χ3n) is 5.19. The van der Waals surface area contributed by atoms with Crippen molar-refractivity contribution in [3.05, 3.63) is 65.9 Å². The summed E-state index contributed by atoms with van der Waals surface area (Å²) in [6.07, 6.45) is 3.13. The predicted molar refractivity (Wildman–Crippen MR) is 109 cm³/mol. The molecule has 0 spiro atoms. The number of carbonyl (C=O) groups is 1. The van der Waals surface area contributed by atoms with Gasteiger partial charge in [-0.1, -0.05) is 0 Å². The van der Waals surface area contributed by atoms with Crippen molar-refractivity contribution in [3.8, 4) is 0 Å². The Morgan fingerprint density at radius 1 is 1.19 bits per heavy atom. The van der Waals surface area contributed by atoms with E-state index in [1.165, 1.54) is 0 Å². The summed E-state index contributed by atoms with van der Waals surface area (Å²) in [5, 5.41) is 3.98. The lowest BCUT2D eigenvalue weighted by Crippen LogP contribution is -2.22. The van der Waals surface area contributed by atoms with E-state index in [2.05, 4.69) is 15.2 Å². The molecule has 138 valence electrons. The molecule has 2 heterocycles. The van der Waals surface area contributed by atoms with Crippen molar-refractivity contribution >= 4 is 28.2 Å².